The summed E-state index contributed by atoms with van der Waals surface area (Å²) in [4.78, 5) is 2.10. The third kappa shape index (κ3) is 4.11. The number of hydrogen-bond donors (Lipinski definition) is 4. The number of ether oxygens (including phenoxy) is 2. The van der Waals surface area contributed by atoms with Gasteiger partial charge in [0.05, 0.1) is 18.8 Å². The lowest BCUT2D eigenvalue weighted by atomic mass is 9.91. The molecule has 0 unspecified atom stereocenters. The van der Waals surface area contributed by atoms with Gasteiger partial charge in [0, 0.05) is 16.6 Å². The summed E-state index contributed by atoms with van der Waals surface area (Å²) >= 11 is 12.3. The first-order valence-electron chi connectivity index (χ1n) is 9.65. The van der Waals surface area contributed by atoms with Gasteiger partial charge in [-0.1, -0.05) is 35.3 Å². The van der Waals surface area contributed by atoms with Crippen LogP contribution in [0.25, 0.3) is 0 Å². The Balaban J connectivity index is 1.63. The van der Waals surface area contributed by atoms with Crippen LogP contribution in [-0.4, -0.2) is 64.6 Å². The Morgan fingerprint density at radius 3 is 2.53 bits per heavy atom. The number of aliphatic hydroxyl groups is 4. The molecule has 2 aliphatic heterocycles. The van der Waals surface area contributed by atoms with Crippen LogP contribution < -0.4 is 9.64 Å². The zero-order valence-corrected chi connectivity index (χ0v) is 17.5. The van der Waals surface area contributed by atoms with E-state index in [0.29, 0.717) is 41.1 Å². The Hall–Kier alpha value is -1.58. The van der Waals surface area contributed by atoms with Gasteiger partial charge in [0.25, 0.3) is 0 Å². The number of hydrogen-bond acceptors (Lipinski definition) is 7. The highest BCUT2D eigenvalue weighted by molar-refractivity contribution is 6.35. The Bertz CT molecular complexity index is 911. The SMILES string of the molecule is OC[C@H]1O[C@@H](c2ccc3c(c2)N(Cc2ccc(Cl)cc2Cl)CCO3)[C@H](O)[C@@H](O)[C@@H]1O. The fraction of sp³-hybridized carbons (Fsp3) is 0.429. The summed E-state index contributed by atoms with van der Waals surface area (Å²) in [6.45, 7) is 1.20. The Kier molecular flexibility index (Phi) is 6.41. The fourth-order valence-electron chi connectivity index (χ4n) is 3.86. The molecule has 30 heavy (non-hydrogen) atoms. The molecule has 5 atom stereocenters. The van der Waals surface area contributed by atoms with Gasteiger partial charge in [0.15, 0.2) is 0 Å². The Morgan fingerprint density at radius 2 is 1.80 bits per heavy atom. The van der Waals surface area contributed by atoms with E-state index in [4.69, 9.17) is 32.7 Å². The molecule has 0 saturated carbocycles. The number of halogens is 2. The number of nitrogens with zero attached hydrogens (tertiary/aromatic N) is 1. The zero-order chi connectivity index (χ0) is 21.4. The van der Waals surface area contributed by atoms with Crippen molar-refractivity contribution in [3.63, 3.8) is 0 Å². The average Bonchev–Trinajstić information content (AvgIpc) is 2.74. The van der Waals surface area contributed by atoms with E-state index in [2.05, 4.69) is 4.90 Å². The maximum Gasteiger partial charge on any atom is 0.142 e. The molecule has 9 heteroatoms. The minimum Gasteiger partial charge on any atom is -0.490 e. The van der Waals surface area contributed by atoms with Gasteiger partial charge in [-0.05, 0) is 35.4 Å². The first kappa shape index (κ1) is 21.6. The van der Waals surface area contributed by atoms with Gasteiger partial charge in [-0.15, -0.1) is 0 Å². The monoisotopic (exact) mass is 455 g/mol. The standard InChI is InChI=1S/C21H23Cl2NO6/c22-13-3-1-12(14(23)8-13)9-24-5-6-29-16-4-2-11(7-15(16)24)21-20(28)19(27)18(26)17(10-25)30-21/h1-4,7-8,17-21,25-28H,5-6,9-10H2/t17-,18-,19+,20-,21+/m1/s1. The molecule has 7 nitrogen and oxygen atoms in total. The average molecular weight is 456 g/mol. The molecular formula is C21H23Cl2NO6. The summed E-state index contributed by atoms with van der Waals surface area (Å²) < 4.78 is 11.5. The molecule has 4 rings (SSSR count). The largest absolute Gasteiger partial charge is 0.490 e. The smallest absolute Gasteiger partial charge is 0.142 e. The van der Waals surface area contributed by atoms with Gasteiger partial charge in [-0.3, -0.25) is 0 Å². The first-order valence-corrected chi connectivity index (χ1v) is 10.4. The van der Waals surface area contributed by atoms with Gasteiger partial charge in [-0.2, -0.15) is 0 Å². The van der Waals surface area contributed by atoms with Crippen molar-refractivity contribution < 1.29 is 29.9 Å². The van der Waals surface area contributed by atoms with Crippen molar-refractivity contribution in [2.24, 2.45) is 0 Å². The van der Waals surface area contributed by atoms with Gasteiger partial charge in [0.1, 0.15) is 42.9 Å². The van der Waals surface area contributed by atoms with E-state index >= 15 is 0 Å². The molecule has 1 saturated heterocycles. The van der Waals surface area contributed by atoms with Crippen molar-refractivity contribution in [1.29, 1.82) is 0 Å². The molecule has 0 spiro atoms. The van der Waals surface area contributed by atoms with Crippen LogP contribution in [0.4, 0.5) is 5.69 Å². The predicted molar refractivity (Wildman–Crippen MR) is 112 cm³/mol. The molecular weight excluding hydrogens is 433 g/mol. The van der Waals surface area contributed by atoms with Gasteiger partial charge < -0.3 is 34.8 Å². The van der Waals surface area contributed by atoms with Crippen molar-refractivity contribution in [3.8, 4) is 5.75 Å². The lowest BCUT2D eigenvalue weighted by Gasteiger charge is -2.40. The first-order chi connectivity index (χ1) is 14.4. The summed E-state index contributed by atoms with van der Waals surface area (Å²) in [7, 11) is 0. The highest BCUT2D eigenvalue weighted by atomic mass is 35.5. The summed E-state index contributed by atoms with van der Waals surface area (Å²) in [5, 5.41) is 41.2. The second kappa shape index (κ2) is 8.88. The molecule has 2 aromatic rings. The molecule has 2 aromatic carbocycles. The summed E-state index contributed by atoms with van der Waals surface area (Å²) in [5.41, 5.74) is 2.30. The zero-order valence-electron chi connectivity index (χ0n) is 16.0. The van der Waals surface area contributed by atoms with E-state index in [-0.39, 0.29) is 0 Å². The van der Waals surface area contributed by atoms with E-state index in [1.807, 2.05) is 12.1 Å². The molecule has 1 fully saturated rings. The number of fused-ring (bicyclic) bond motifs is 1. The molecule has 4 N–H and O–H groups in total. The third-order valence-corrected chi connectivity index (χ3v) is 6.13. The van der Waals surface area contributed by atoms with Gasteiger partial charge in [-0.25, -0.2) is 0 Å². The van der Waals surface area contributed by atoms with Crippen LogP contribution in [0.2, 0.25) is 10.0 Å². The van der Waals surface area contributed by atoms with Crippen molar-refractivity contribution >= 4 is 28.9 Å². The van der Waals surface area contributed by atoms with E-state index in [1.165, 1.54) is 0 Å². The van der Waals surface area contributed by atoms with Gasteiger partial charge >= 0.3 is 0 Å². The number of rotatable bonds is 4. The Morgan fingerprint density at radius 1 is 1.00 bits per heavy atom. The van der Waals surface area contributed by atoms with E-state index in [0.717, 1.165) is 11.3 Å². The highest BCUT2D eigenvalue weighted by Gasteiger charge is 2.44. The molecule has 0 radical (unpaired) electrons. The van der Waals surface area contributed by atoms with Gasteiger partial charge in [0.2, 0.25) is 0 Å². The van der Waals surface area contributed by atoms with Crippen molar-refractivity contribution in [2.45, 2.75) is 37.1 Å². The maximum absolute atomic E-state index is 10.5. The summed E-state index contributed by atoms with van der Waals surface area (Å²) in [6.07, 6.45) is -6.05. The highest BCUT2D eigenvalue weighted by Crippen LogP contribution is 2.39. The van der Waals surface area contributed by atoms with E-state index < -0.39 is 37.1 Å². The number of aliphatic hydroxyl groups excluding tert-OH is 4. The quantitative estimate of drug-likeness (QED) is 0.558. The topological polar surface area (TPSA) is 103 Å². The predicted octanol–water partition coefficient (Wildman–Crippen LogP) is 1.91. The van der Waals surface area contributed by atoms with Crippen LogP contribution in [0.1, 0.15) is 17.2 Å². The fourth-order valence-corrected chi connectivity index (χ4v) is 4.33. The molecule has 2 heterocycles. The van der Waals surface area contributed by atoms with Crippen LogP contribution in [0.5, 0.6) is 5.75 Å². The normalized spacial score (nSPS) is 28.7. The van der Waals surface area contributed by atoms with Crippen molar-refractivity contribution in [3.05, 3.63) is 57.6 Å². The van der Waals surface area contributed by atoms with Crippen LogP contribution in [0, 0.1) is 0 Å². The van der Waals surface area contributed by atoms with Crippen LogP contribution >= 0.6 is 23.2 Å². The van der Waals surface area contributed by atoms with Crippen molar-refractivity contribution in [2.75, 3.05) is 24.7 Å². The lowest BCUT2D eigenvalue weighted by Crippen LogP contribution is -2.55. The minimum atomic E-state index is -1.43. The van der Waals surface area contributed by atoms with Crippen molar-refractivity contribution in [1.82, 2.24) is 0 Å². The summed E-state index contributed by atoms with van der Waals surface area (Å²) in [6, 6.07) is 10.7. The number of anilines is 1. The number of benzene rings is 2. The molecule has 162 valence electrons. The minimum absolute atomic E-state index is 0.476. The lowest BCUT2D eigenvalue weighted by molar-refractivity contribution is -0.231. The molecule has 0 aliphatic carbocycles. The molecule has 2 aliphatic rings. The Labute approximate surface area is 184 Å². The van der Waals surface area contributed by atoms with E-state index in [9.17, 15) is 20.4 Å². The second-order valence-electron chi connectivity index (χ2n) is 7.48. The summed E-state index contributed by atoms with van der Waals surface area (Å²) in [5.74, 6) is 0.680. The van der Waals surface area contributed by atoms with Crippen LogP contribution in [0.3, 0.4) is 0 Å². The van der Waals surface area contributed by atoms with Crippen LogP contribution in [0.15, 0.2) is 36.4 Å². The third-order valence-electron chi connectivity index (χ3n) is 5.54. The van der Waals surface area contributed by atoms with E-state index in [1.54, 1.807) is 24.3 Å². The molecule has 0 aromatic heterocycles. The maximum atomic E-state index is 10.5. The molecule has 0 bridgehead atoms. The molecule has 0 amide bonds. The van der Waals surface area contributed by atoms with Crippen LogP contribution in [-0.2, 0) is 11.3 Å². The second-order valence-corrected chi connectivity index (χ2v) is 8.33.